The lowest BCUT2D eigenvalue weighted by atomic mass is 9.81. The van der Waals surface area contributed by atoms with Crippen LogP contribution in [0, 0.1) is 26.9 Å². The monoisotopic (exact) mass is 364 g/mol. The first kappa shape index (κ1) is 16.0. The van der Waals surface area contributed by atoms with Crippen molar-refractivity contribution in [1.29, 1.82) is 0 Å². The lowest BCUT2D eigenvalue weighted by molar-refractivity contribution is -0.168. The maximum atomic E-state index is 11.8. The second-order valence-corrected chi connectivity index (χ2v) is 3.75. The molecule has 0 aromatic heterocycles. The number of carbonyl (C=O) groups excluding carboxylic acids is 2. The molecule has 0 spiro atoms. The summed E-state index contributed by atoms with van der Waals surface area (Å²) >= 11 is 5.80. The molecule has 92 valence electrons. The molecule has 0 rings (SSSR count). The van der Waals surface area contributed by atoms with Crippen LogP contribution in [0.4, 0.5) is 0 Å². The van der Waals surface area contributed by atoms with Crippen LogP contribution in [0.25, 0.3) is 0 Å². The van der Waals surface area contributed by atoms with Crippen molar-refractivity contribution in [3.05, 3.63) is 0 Å². The van der Waals surface area contributed by atoms with E-state index in [0.29, 0.717) is 0 Å². The van der Waals surface area contributed by atoms with Gasteiger partial charge in [-0.05, 0) is 9.66 Å². The van der Waals surface area contributed by atoms with Crippen LogP contribution in [0.1, 0.15) is 12.8 Å². The summed E-state index contributed by atoms with van der Waals surface area (Å²) in [6.07, 6.45) is -0.0570. The zero-order valence-corrected chi connectivity index (χ0v) is 12.5. The Hall–Kier alpha value is -0.980. The van der Waals surface area contributed by atoms with Gasteiger partial charge in [-0.15, -0.1) is 0 Å². The van der Waals surface area contributed by atoms with E-state index in [9.17, 15) is 9.59 Å². The van der Waals surface area contributed by atoms with Crippen molar-refractivity contribution in [3.63, 3.8) is 0 Å². The molecule has 0 radical (unpaired) electrons. The predicted molar refractivity (Wildman–Crippen MR) is 69.1 cm³/mol. The highest BCUT2D eigenvalue weighted by Crippen LogP contribution is 2.29. The third-order valence-electron chi connectivity index (χ3n) is 2.07. The Morgan fingerprint density at radius 2 is 1.35 bits per heavy atom. The topological polar surface area (TPSA) is 52.6 Å². The smallest absolute Gasteiger partial charge is 0.325 e. The molecular formula is C11H10Br2O4. The molecule has 0 saturated carbocycles. The number of hydrogen-bond acceptors (Lipinski definition) is 4. The average Bonchev–Trinajstić information content (AvgIpc) is 2.37. The molecule has 0 aliphatic carbocycles. The van der Waals surface area contributed by atoms with Crippen molar-refractivity contribution in [2.24, 2.45) is 5.41 Å². The van der Waals surface area contributed by atoms with Gasteiger partial charge in [0.1, 0.15) is 0 Å². The molecule has 0 saturated heterocycles. The van der Waals surface area contributed by atoms with Gasteiger partial charge in [-0.25, -0.2) is 0 Å². The zero-order chi connectivity index (χ0) is 13.3. The predicted octanol–water partition coefficient (Wildman–Crippen LogP) is 1.81. The van der Waals surface area contributed by atoms with Gasteiger partial charge in [0.2, 0.25) is 0 Å². The molecule has 0 N–H and O–H groups in total. The Labute approximate surface area is 117 Å². The molecule has 0 aliphatic rings. The molecule has 4 nitrogen and oxygen atoms in total. The SMILES string of the molecule is COC(=O)C(CC#CBr)(CC#CBr)C(=O)OC. The summed E-state index contributed by atoms with van der Waals surface area (Å²) in [5, 5.41) is 0. The van der Waals surface area contributed by atoms with Crippen LogP contribution < -0.4 is 0 Å². The van der Waals surface area contributed by atoms with Crippen LogP contribution in [0.15, 0.2) is 0 Å². The fraction of sp³-hybridized carbons (Fsp3) is 0.455. The Morgan fingerprint density at radius 1 is 1.00 bits per heavy atom. The van der Waals surface area contributed by atoms with Gasteiger partial charge in [-0.2, -0.15) is 0 Å². The van der Waals surface area contributed by atoms with Crippen molar-refractivity contribution < 1.29 is 19.1 Å². The summed E-state index contributed by atoms with van der Waals surface area (Å²) in [6.45, 7) is 0. The van der Waals surface area contributed by atoms with Crippen LogP contribution in [0.2, 0.25) is 0 Å². The minimum atomic E-state index is -1.51. The van der Waals surface area contributed by atoms with E-state index in [2.05, 4.69) is 62.8 Å². The van der Waals surface area contributed by atoms with E-state index in [1.54, 1.807) is 0 Å². The van der Waals surface area contributed by atoms with E-state index in [0.717, 1.165) is 0 Å². The average molecular weight is 366 g/mol. The van der Waals surface area contributed by atoms with Crippen LogP contribution in [-0.4, -0.2) is 26.2 Å². The molecule has 0 aromatic rings. The van der Waals surface area contributed by atoms with Gasteiger partial charge in [-0.1, -0.05) is 11.8 Å². The zero-order valence-electron chi connectivity index (χ0n) is 9.30. The van der Waals surface area contributed by atoms with Crippen molar-refractivity contribution in [2.75, 3.05) is 14.2 Å². The molecule has 0 bridgehead atoms. The van der Waals surface area contributed by atoms with E-state index >= 15 is 0 Å². The summed E-state index contributed by atoms with van der Waals surface area (Å²) in [5.41, 5.74) is -1.51. The second-order valence-electron chi connectivity index (χ2n) is 2.96. The summed E-state index contributed by atoms with van der Waals surface area (Å²) in [5.74, 6) is 3.79. The van der Waals surface area contributed by atoms with Crippen molar-refractivity contribution in [2.45, 2.75) is 12.8 Å². The van der Waals surface area contributed by atoms with Gasteiger partial charge in [0.15, 0.2) is 5.41 Å². The molecule has 6 heteroatoms. The lowest BCUT2D eigenvalue weighted by Crippen LogP contribution is -2.40. The Balaban J connectivity index is 5.44. The van der Waals surface area contributed by atoms with E-state index in [1.807, 2.05) is 0 Å². The summed E-state index contributed by atoms with van der Waals surface area (Å²) in [7, 11) is 2.40. The fourth-order valence-electron chi connectivity index (χ4n) is 1.19. The highest BCUT2D eigenvalue weighted by atomic mass is 79.9. The Kier molecular flexibility index (Phi) is 7.69. The highest BCUT2D eigenvalue weighted by molar-refractivity contribution is 9.12. The Bertz CT molecular complexity index is 369. The first-order valence-corrected chi connectivity index (χ1v) is 6.01. The van der Waals surface area contributed by atoms with Crippen molar-refractivity contribution in [3.8, 4) is 21.5 Å². The van der Waals surface area contributed by atoms with Crippen LogP contribution in [0.3, 0.4) is 0 Å². The van der Waals surface area contributed by atoms with Crippen molar-refractivity contribution >= 4 is 43.8 Å². The third kappa shape index (κ3) is 4.07. The molecule has 0 atom stereocenters. The maximum absolute atomic E-state index is 11.8. The summed E-state index contributed by atoms with van der Waals surface area (Å²) in [4.78, 5) is 28.4. The molecule has 0 aliphatic heterocycles. The normalized spacial score (nSPS) is 9.18. The number of hydrogen-bond donors (Lipinski definition) is 0. The third-order valence-corrected chi connectivity index (χ3v) is 2.63. The number of halogens is 2. The van der Waals surface area contributed by atoms with Crippen LogP contribution in [-0.2, 0) is 19.1 Å². The second kappa shape index (κ2) is 8.16. The molecule has 0 fully saturated rings. The van der Waals surface area contributed by atoms with Gasteiger partial charge in [0, 0.05) is 44.7 Å². The number of carbonyl (C=O) groups is 2. The fourth-order valence-corrected chi connectivity index (χ4v) is 1.47. The largest absolute Gasteiger partial charge is 0.468 e. The van der Waals surface area contributed by atoms with E-state index in [-0.39, 0.29) is 12.8 Å². The number of methoxy groups -OCH3 is 2. The van der Waals surface area contributed by atoms with Gasteiger partial charge in [-0.3, -0.25) is 9.59 Å². The number of rotatable bonds is 4. The van der Waals surface area contributed by atoms with E-state index in [1.165, 1.54) is 14.2 Å². The number of esters is 2. The van der Waals surface area contributed by atoms with E-state index in [4.69, 9.17) is 0 Å². The first-order chi connectivity index (χ1) is 8.08. The molecule has 0 heterocycles. The van der Waals surface area contributed by atoms with Gasteiger partial charge < -0.3 is 9.47 Å². The maximum Gasteiger partial charge on any atom is 0.325 e. The standard InChI is InChI=1S/C11H10Br2O4/c1-16-9(14)11(5-3-7-12,6-4-8-13)10(15)17-2/h5-6H2,1-2H3. The Morgan fingerprint density at radius 3 is 1.59 bits per heavy atom. The first-order valence-electron chi connectivity index (χ1n) is 4.43. The minimum Gasteiger partial charge on any atom is -0.468 e. The summed E-state index contributed by atoms with van der Waals surface area (Å²) in [6, 6.07) is 0. The minimum absolute atomic E-state index is 0.0285. The number of ether oxygens (including phenoxy) is 2. The lowest BCUT2D eigenvalue weighted by Gasteiger charge is -2.23. The molecule has 0 amide bonds. The quantitative estimate of drug-likeness (QED) is 0.433. The van der Waals surface area contributed by atoms with Gasteiger partial charge in [0.05, 0.1) is 14.2 Å². The van der Waals surface area contributed by atoms with Gasteiger partial charge in [0.25, 0.3) is 0 Å². The van der Waals surface area contributed by atoms with Crippen molar-refractivity contribution in [1.82, 2.24) is 0 Å². The van der Waals surface area contributed by atoms with Crippen LogP contribution >= 0.6 is 31.9 Å². The molecule has 0 aromatic carbocycles. The highest BCUT2D eigenvalue weighted by Gasteiger charge is 2.47. The molecule has 0 unspecified atom stereocenters. The van der Waals surface area contributed by atoms with E-state index < -0.39 is 17.4 Å². The molecule has 17 heavy (non-hydrogen) atoms. The van der Waals surface area contributed by atoms with Gasteiger partial charge >= 0.3 is 11.9 Å². The summed E-state index contributed by atoms with van der Waals surface area (Å²) < 4.78 is 9.25. The molecular weight excluding hydrogens is 356 g/mol. The van der Waals surface area contributed by atoms with Crippen LogP contribution in [0.5, 0.6) is 0 Å².